The van der Waals surface area contributed by atoms with Crippen LogP contribution in [-0.4, -0.2) is 13.3 Å². The van der Waals surface area contributed by atoms with Crippen molar-refractivity contribution in [3.8, 4) is 0 Å². The summed E-state index contributed by atoms with van der Waals surface area (Å²) in [7, 11) is -8.28. The third-order valence-corrected chi connectivity index (χ3v) is 3.34. The summed E-state index contributed by atoms with van der Waals surface area (Å²) in [6, 6.07) is 0. The minimum atomic E-state index is -4.18. The SMILES string of the molecule is C.O=P1(O)OS(=O)(=O)O1. The highest BCUT2D eigenvalue weighted by molar-refractivity contribution is 7.96. The summed E-state index contributed by atoms with van der Waals surface area (Å²) < 4.78 is 36.0. The second kappa shape index (κ2) is 2.03. The van der Waals surface area contributed by atoms with Crippen LogP contribution in [0.4, 0.5) is 0 Å². The molecule has 0 aromatic heterocycles. The fourth-order valence-corrected chi connectivity index (χ4v) is 2.13. The van der Waals surface area contributed by atoms with Crippen molar-refractivity contribution < 1.29 is 25.8 Å². The quantitative estimate of drug-likeness (QED) is 0.523. The van der Waals surface area contributed by atoms with Gasteiger partial charge in [0, 0.05) is 0 Å². The normalized spacial score (nSPS) is 27.7. The van der Waals surface area contributed by atoms with Gasteiger partial charge in [-0.15, -0.1) is 7.94 Å². The van der Waals surface area contributed by atoms with E-state index in [0.29, 0.717) is 0 Å². The van der Waals surface area contributed by atoms with Crippen LogP contribution in [0.1, 0.15) is 7.43 Å². The van der Waals surface area contributed by atoms with Gasteiger partial charge in [-0.1, -0.05) is 7.43 Å². The minimum Gasteiger partial charge on any atom is -0.301 e. The molecule has 1 N–H and O–H groups in total. The van der Waals surface area contributed by atoms with Gasteiger partial charge in [0.2, 0.25) is 0 Å². The molecular weight excluding hydrogens is 171 g/mol. The molecule has 0 saturated carbocycles. The lowest BCUT2D eigenvalue weighted by atomic mass is 12.0. The number of hydrogen-bond acceptors (Lipinski definition) is 5. The van der Waals surface area contributed by atoms with E-state index in [1.165, 1.54) is 0 Å². The number of phosphoric acid groups is 1. The Morgan fingerprint density at radius 1 is 1.33 bits per heavy atom. The zero-order valence-electron chi connectivity index (χ0n) is 3.34. The lowest BCUT2D eigenvalue weighted by Crippen LogP contribution is -2.17. The molecular formula is CH5O6PS. The molecule has 0 aromatic carbocycles. The largest absolute Gasteiger partial charge is 0.505 e. The zero-order valence-corrected chi connectivity index (χ0v) is 5.05. The van der Waals surface area contributed by atoms with Gasteiger partial charge >= 0.3 is 18.2 Å². The molecule has 0 radical (unpaired) electrons. The first-order chi connectivity index (χ1) is 3.41. The summed E-state index contributed by atoms with van der Waals surface area (Å²) in [5, 5.41) is 0. The molecule has 1 heterocycles. The molecule has 1 fully saturated rings. The second-order valence-corrected chi connectivity index (χ2v) is 3.97. The Labute approximate surface area is 52.4 Å². The predicted molar refractivity (Wildman–Crippen MR) is 27.6 cm³/mol. The van der Waals surface area contributed by atoms with Crippen molar-refractivity contribution in [1.82, 2.24) is 0 Å². The zero-order chi connectivity index (χ0) is 6.41. The summed E-state index contributed by atoms with van der Waals surface area (Å²) in [4.78, 5) is 7.98. The topological polar surface area (TPSA) is 89.9 Å². The third kappa shape index (κ3) is 2.04. The van der Waals surface area contributed by atoms with Crippen LogP contribution >= 0.6 is 7.82 Å². The molecule has 1 aliphatic rings. The van der Waals surface area contributed by atoms with E-state index in [-0.39, 0.29) is 7.43 Å². The number of hydrogen-bond donors (Lipinski definition) is 1. The molecule has 1 rings (SSSR count). The highest BCUT2D eigenvalue weighted by Crippen LogP contribution is 2.56. The van der Waals surface area contributed by atoms with Gasteiger partial charge < -0.3 is 4.89 Å². The van der Waals surface area contributed by atoms with Gasteiger partial charge in [-0.25, -0.2) is 4.57 Å². The second-order valence-electron chi connectivity index (χ2n) is 1.03. The van der Waals surface area contributed by atoms with E-state index in [4.69, 9.17) is 4.89 Å². The molecule has 1 saturated heterocycles. The van der Waals surface area contributed by atoms with Crippen LogP contribution in [0.5, 0.6) is 0 Å². The molecule has 8 heteroatoms. The van der Waals surface area contributed by atoms with E-state index in [1.54, 1.807) is 0 Å². The Kier molecular flexibility index (Phi) is 2.05. The fraction of sp³-hybridized carbons (Fsp3) is 1.00. The molecule has 6 nitrogen and oxygen atoms in total. The van der Waals surface area contributed by atoms with Crippen molar-refractivity contribution in [2.45, 2.75) is 7.43 Å². The Balaban J connectivity index is 0.000000640. The molecule has 9 heavy (non-hydrogen) atoms. The summed E-state index contributed by atoms with van der Waals surface area (Å²) in [5.74, 6) is 0. The number of rotatable bonds is 0. The first kappa shape index (κ1) is 9.06. The van der Waals surface area contributed by atoms with E-state index >= 15 is 0 Å². The van der Waals surface area contributed by atoms with Crippen LogP contribution in [0.15, 0.2) is 0 Å². The van der Waals surface area contributed by atoms with Gasteiger partial charge in [-0.05, 0) is 0 Å². The van der Waals surface area contributed by atoms with Crippen molar-refractivity contribution in [2.75, 3.05) is 0 Å². The maximum absolute atomic E-state index is 9.82. The Hall–Kier alpha value is 0.0600. The lowest BCUT2D eigenvalue weighted by molar-refractivity contribution is 0.218. The molecule has 0 aliphatic carbocycles. The average Bonchev–Trinajstić information content (AvgIpc) is 1.20. The van der Waals surface area contributed by atoms with E-state index in [2.05, 4.69) is 7.94 Å². The summed E-state index contributed by atoms with van der Waals surface area (Å²) in [6.07, 6.45) is 0. The van der Waals surface area contributed by atoms with Gasteiger partial charge in [0.25, 0.3) is 0 Å². The monoisotopic (exact) mass is 176 g/mol. The van der Waals surface area contributed by atoms with Crippen molar-refractivity contribution in [3.63, 3.8) is 0 Å². The molecule has 0 unspecified atom stereocenters. The van der Waals surface area contributed by atoms with Crippen LogP contribution in [0.25, 0.3) is 0 Å². The molecule has 56 valence electrons. The highest BCUT2D eigenvalue weighted by atomic mass is 32.3. The summed E-state index contributed by atoms with van der Waals surface area (Å²) in [5.41, 5.74) is 0. The molecule has 0 bridgehead atoms. The van der Waals surface area contributed by atoms with Gasteiger partial charge in [-0.3, -0.25) is 0 Å². The van der Waals surface area contributed by atoms with E-state index in [1.807, 2.05) is 0 Å². The molecule has 0 amide bonds. The minimum absolute atomic E-state index is 0. The molecule has 1 aliphatic heterocycles. The van der Waals surface area contributed by atoms with Crippen molar-refractivity contribution >= 4 is 18.2 Å². The van der Waals surface area contributed by atoms with Crippen molar-refractivity contribution in [1.29, 1.82) is 0 Å². The van der Waals surface area contributed by atoms with E-state index in [0.717, 1.165) is 0 Å². The van der Waals surface area contributed by atoms with Gasteiger partial charge in [0.15, 0.2) is 0 Å². The average molecular weight is 176 g/mol. The van der Waals surface area contributed by atoms with Crippen molar-refractivity contribution in [2.24, 2.45) is 0 Å². The fourth-order valence-electron chi connectivity index (χ4n) is 0.236. The maximum Gasteiger partial charge on any atom is 0.505 e. The van der Waals surface area contributed by atoms with Crippen LogP contribution in [0.2, 0.25) is 0 Å². The van der Waals surface area contributed by atoms with Crippen LogP contribution in [-0.2, 0) is 22.9 Å². The maximum atomic E-state index is 9.82. The predicted octanol–water partition coefficient (Wildman–Crippen LogP) is 0.0145. The van der Waals surface area contributed by atoms with Crippen LogP contribution in [0, 0.1) is 0 Å². The lowest BCUT2D eigenvalue weighted by Gasteiger charge is -2.16. The van der Waals surface area contributed by atoms with Gasteiger partial charge in [0.05, 0.1) is 0 Å². The Morgan fingerprint density at radius 3 is 1.67 bits per heavy atom. The van der Waals surface area contributed by atoms with Crippen LogP contribution in [0.3, 0.4) is 0 Å². The molecule has 0 spiro atoms. The molecule has 0 atom stereocenters. The summed E-state index contributed by atoms with van der Waals surface area (Å²) >= 11 is 0. The standard InChI is InChI=1S/CH4.HO6PS/c;1-7(2)5-8(3,4)6-7/h1H4;(H,1,2). The Bertz CT molecular complexity index is 222. The van der Waals surface area contributed by atoms with Crippen molar-refractivity contribution in [3.05, 3.63) is 0 Å². The smallest absolute Gasteiger partial charge is 0.301 e. The first-order valence-electron chi connectivity index (χ1n) is 1.41. The van der Waals surface area contributed by atoms with E-state index < -0.39 is 18.2 Å². The van der Waals surface area contributed by atoms with E-state index in [9.17, 15) is 13.0 Å². The molecule has 0 aromatic rings. The first-order valence-corrected chi connectivity index (χ1v) is 4.24. The van der Waals surface area contributed by atoms with Gasteiger partial charge in [-0.2, -0.15) is 8.42 Å². The Morgan fingerprint density at radius 2 is 1.67 bits per heavy atom. The highest BCUT2D eigenvalue weighted by Gasteiger charge is 2.47. The summed E-state index contributed by atoms with van der Waals surface area (Å²) in [6.45, 7) is 0. The third-order valence-electron chi connectivity index (χ3n) is 0.371. The van der Waals surface area contributed by atoms with Gasteiger partial charge in [0.1, 0.15) is 0 Å². The van der Waals surface area contributed by atoms with Crippen LogP contribution < -0.4 is 0 Å².